The van der Waals surface area contributed by atoms with Crippen molar-refractivity contribution in [2.24, 2.45) is 0 Å². The number of carbonyl (C=O) groups is 1. The number of amides is 1. The van der Waals surface area contributed by atoms with Crippen molar-refractivity contribution in [1.82, 2.24) is 4.72 Å². The van der Waals surface area contributed by atoms with Crippen LogP contribution in [0.25, 0.3) is 0 Å². The van der Waals surface area contributed by atoms with Crippen molar-refractivity contribution in [2.45, 2.75) is 30.7 Å². The van der Waals surface area contributed by atoms with Crippen LogP contribution < -0.4 is 10.0 Å². The molecule has 0 saturated heterocycles. The minimum atomic E-state index is -4.11. The highest BCUT2D eigenvalue weighted by atomic mass is 35.5. The Morgan fingerprint density at radius 2 is 1.61 bits per heavy atom. The zero-order valence-electron chi connectivity index (χ0n) is 16.8. The molecule has 0 aromatic heterocycles. The molecule has 0 spiro atoms. The third-order valence-electron chi connectivity index (χ3n) is 4.71. The Kier molecular flexibility index (Phi) is 7.73. The third kappa shape index (κ3) is 6.31. The molecule has 2 N–H and O–H groups in total. The number of aryl methyl sites for hydroxylation is 1. The Morgan fingerprint density at radius 1 is 0.935 bits per heavy atom. The van der Waals surface area contributed by atoms with Crippen molar-refractivity contribution in [3.05, 3.63) is 94.0 Å². The molecule has 0 aliphatic carbocycles. The van der Waals surface area contributed by atoms with E-state index in [2.05, 4.69) is 10.0 Å². The van der Waals surface area contributed by atoms with Crippen LogP contribution in [0.5, 0.6) is 0 Å². The van der Waals surface area contributed by atoms with E-state index in [9.17, 15) is 13.2 Å². The first-order chi connectivity index (χ1) is 14.8. The smallest absolute Gasteiger partial charge is 0.242 e. The number of rotatable bonds is 8. The maximum Gasteiger partial charge on any atom is 0.242 e. The lowest BCUT2D eigenvalue weighted by atomic mass is 10.1. The van der Waals surface area contributed by atoms with E-state index >= 15 is 0 Å². The molecular weight excluding hydrogens is 455 g/mol. The lowest BCUT2D eigenvalue weighted by molar-refractivity contribution is -0.117. The average molecular weight is 477 g/mol. The van der Waals surface area contributed by atoms with Gasteiger partial charge in [0.25, 0.3) is 0 Å². The largest absolute Gasteiger partial charge is 0.325 e. The number of halogens is 2. The zero-order chi connectivity index (χ0) is 22.4. The fraction of sp³-hybridized carbons (Fsp3) is 0.174. The number of hydrogen-bond donors (Lipinski definition) is 2. The molecule has 0 radical (unpaired) electrons. The summed E-state index contributed by atoms with van der Waals surface area (Å²) >= 11 is 12.0. The van der Waals surface area contributed by atoms with E-state index in [0.29, 0.717) is 5.69 Å². The monoisotopic (exact) mass is 476 g/mol. The Hall–Kier alpha value is -2.38. The predicted octanol–water partition coefficient (Wildman–Crippen LogP) is 5.08. The molecule has 3 aromatic carbocycles. The molecule has 0 bridgehead atoms. The fourth-order valence-electron chi connectivity index (χ4n) is 3.02. The molecule has 0 saturated carbocycles. The van der Waals surface area contributed by atoms with Crippen LogP contribution in [0.15, 0.2) is 77.7 Å². The van der Waals surface area contributed by atoms with Crippen LogP contribution in [0.1, 0.15) is 18.1 Å². The van der Waals surface area contributed by atoms with Crippen LogP contribution in [0.4, 0.5) is 5.69 Å². The van der Waals surface area contributed by atoms with Gasteiger partial charge in [0.2, 0.25) is 15.9 Å². The second-order valence-electron chi connectivity index (χ2n) is 6.98. The maximum atomic E-state index is 13.0. The summed E-state index contributed by atoms with van der Waals surface area (Å²) in [6.45, 7) is 2.04. The third-order valence-corrected chi connectivity index (χ3v) is 6.90. The molecule has 0 aliphatic heterocycles. The van der Waals surface area contributed by atoms with Crippen LogP contribution in [0.2, 0.25) is 10.0 Å². The van der Waals surface area contributed by atoms with Crippen LogP contribution >= 0.6 is 23.2 Å². The topological polar surface area (TPSA) is 75.3 Å². The fourth-order valence-corrected chi connectivity index (χ4v) is 4.98. The zero-order valence-corrected chi connectivity index (χ0v) is 19.1. The summed E-state index contributed by atoms with van der Waals surface area (Å²) in [4.78, 5) is 12.9. The molecule has 0 unspecified atom stereocenters. The molecule has 0 fully saturated rings. The molecule has 162 valence electrons. The summed E-state index contributed by atoms with van der Waals surface area (Å²) in [5.41, 5.74) is 2.53. The first-order valence-corrected chi connectivity index (χ1v) is 11.9. The van der Waals surface area contributed by atoms with Gasteiger partial charge in [0, 0.05) is 10.7 Å². The van der Waals surface area contributed by atoms with Gasteiger partial charge in [-0.05, 0) is 54.3 Å². The van der Waals surface area contributed by atoms with E-state index in [1.54, 1.807) is 12.1 Å². The Morgan fingerprint density at radius 3 is 2.26 bits per heavy atom. The van der Waals surface area contributed by atoms with Crippen molar-refractivity contribution < 1.29 is 13.2 Å². The molecule has 5 nitrogen and oxygen atoms in total. The van der Waals surface area contributed by atoms with E-state index in [-0.39, 0.29) is 21.4 Å². The van der Waals surface area contributed by atoms with Gasteiger partial charge < -0.3 is 5.32 Å². The quantitative estimate of drug-likeness (QED) is 0.475. The number of benzene rings is 3. The molecule has 3 rings (SSSR count). The van der Waals surface area contributed by atoms with Gasteiger partial charge in [-0.2, -0.15) is 4.72 Å². The minimum absolute atomic E-state index is 0.0194. The molecule has 8 heteroatoms. The highest BCUT2D eigenvalue weighted by Crippen LogP contribution is 2.25. The second-order valence-corrected chi connectivity index (χ2v) is 9.50. The highest BCUT2D eigenvalue weighted by Gasteiger charge is 2.28. The Balaban J connectivity index is 1.88. The molecule has 0 aliphatic rings. The number of carbonyl (C=O) groups excluding carboxylic acids is 1. The van der Waals surface area contributed by atoms with Gasteiger partial charge >= 0.3 is 0 Å². The summed E-state index contributed by atoms with van der Waals surface area (Å²) in [5.74, 6) is -0.477. The van der Waals surface area contributed by atoms with Gasteiger partial charge in [0.15, 0.2) is 0 Å². The normalized spacial score (nSPS) is 12.4. The number of sulfonamides is 1. The van der Waals surface area contributed by atoms with Gasteiger partial charge in [-0.3, -0.25) is 4.79 Å². The van der Waals surface area contributed by atoms with E-state index in [4.69, 9.17) is 23.2 Å². The summed E-state index contributed by atoms with van der Waals surface area (Å²) in [5, 5.41) is 3.03. The number of nitrogens with one attached hydrogen (secondary N) is 2. The van der Waals surface area contributed by atoms with Crippen molar-refractivity contribution in [3.8, 4) is 0 Å². The van der Waals surface area contributed by atoms with Crippen LogP contribution in [-0.2, 0) is 27.7 Å². The number of hydrogen-bond acceptors (Lipinski definition) is 3. The molecular formula is C23H22Cl2N2O3S. The SMILES string of the molecule is CCc1ccc(NC(=O)[C@@H](Cc2ccccc2)NS(=O)(=O)c2cc(Cl)ccc2Cl)cc1. The molecule has 31 heavy (non-hydrogen) atoms. The molecule has 1 amide bonds. The lowest BCUT2D eigenvalue weighted by Gasteiger charge is -2.19. The van der Waals surface area contributed by atoms with Gasteiger partial charge in [0.05, 0.1) is 5.02 Å². The van der Waals surface area contributed by atoms with Crippen molar-refractivity contribution in [2.75, 3.05) is 5.32 Å². The standard InChI is InChI=1S/C23H22Cl2N2O3S/c1-2-16-8-11-19(12-9-16)26-23(28)21(14-17-6-4-3-5-7-17)27-31(29,30)22-15-18(24)10-13-20(22)25/h3-13,15,21,27H,2,14H2,1H3,(H,26,28)/t21-/m1/s1. The van der Waals surface area contributed by atoms with Crippen molar-refractivity contribution >= 4 is 44.8 Å². The summed E-state index contributed by atoms with van der Waals surface area (Å²) in [7, 11) is -4.11. The van der Waals surface area contributed by atoms with E-state index in [1.807, 2.05) is 49.4 Å². The number of anilines is 1. The molecule has 1 atom stereocenters. The van der Waals surface area contributed by atoms with Crippen LogP contribution in [0.3, 0.4) is 0 Å². The van der Waals surface area contributed by atoms with Gasteiger partial charge in [-0.15, -0.1) is 0 Å². The maximum absolute atomic E-state index is 13.0. The van der Waals surface area contributed by atoms with Crippen LogP contribution in [0, 0.1) is 0 Å². The molecule has 0 heterocycles. The summed E-state index contributed by atoms with van der Waals surface area (Å²) in [6, 6.07) is 19.7. The highest BCUT2D eigenvalue weighted by molar-refractivity contribution is 7.89. The Labute approximate surface area is 192 Å². The lowest BCUT2D eigenvalue weighted by Crippen LogP contribution is -2.45. The van der Waals surface area contributed by atoms with Crippen molar-refractivity contribution in [1.29, 1.82) is 0 Å². The van der Waals surface area contributed by atoms with E-state index in [1.165, 1.54) is 18.2 Å². The van der Waals surface area contributed by atoms with E-state index < -0.39 is 22.0 Å². The van der Waals surface area contributed by atoms with Gasteiger partial charge in [-0.1, -0.05) is 72.6 Å². The average Bonchev–Trinajstić information content (AvgIpc) is 2.76. The first-order valence-electron chi connectivity index (χ1n) is 9.69. The van der Waals surface area contributed by atoms with Crippen molar-refractivity contribution in [3.63, 3.8) is 0 Å². The van der Waals surface area contributed by atoms with Gasteiger partial charge in [-0.25, -0.2) is 8.42 Å². The molecule has 3 aromatic rings. The van der Waals surface area contributed by atoms with Gasteiger partial charge in [0.1, 0.15) is 10.9 Å². The summed E-state index contributed by atoms with van der Waals surface area (Å²) < 4.78 is 28.5. The minimum Gasteiger partial charge on any atom is -0.325 e. The predicted molar refractivity (Wildman–Crippen MR) is 125 cm³/mol. The van der Waals surface area contributed by atoms with E-state index in [0.717, 1.165) is 17.5 Å². The summed E-state index contributed by atoms with van der Waals surface area (Å²) in [6.07, 6.45) is 1.04. The Bertz CT molecular complexity index is 1150. The second kappa shape index (κ2) is 10.3. The van der Waals surface area contributed by atoms with Crippen LogP contribution in [-0.4, -0.2) is 20.4 Å². The first kappa shape index (κ1) is 23.3.